The molecule has 0 aromatic heterocycles. The van der Waals surface area contributed by atoms with Gasteiger partial charge in [-0.2, -0.15) is 0 Å². The highest BCUT2D eigenvalue weighted by Gasteiger charge is 2.48. The quantitative estimate of drug-likeness (QED) is 0.230. The number of anilines is 2. The van der Waals surface area contributed by atoms with Crippen molar-refractivity contribution >= 4 is 52.4 Å². The van der Waals surface area contributed by atoms with Gasteiger partial charge >= 0.3 is 6.03 Å². The van der Waals surface area contributed by atoms with E-state index in [9.17, 15) is 14.4 Å². The maximum absolute atomic E-state index is 13.9. The molecule has 2 aromatic rings. The van der Waals surface area contributed by atoms with Crippen LogP contribution in [0.15, 0.2) is 82.7 Å². The van der Waals surface area contributed by atoms with E-state index in [-0.39, 0.29) is 16.4 Å². The lowest BCUT2D eigenvalue weighted by molar-refractivity contribution is -0.134. The Morgan fingerprint density at radius 1 is 0.735 bits per heavy atom. The summed E-state index contributed by atoms with van der Waals surface area (Å²) in [6.07, 6.45) is 8.57. The standard InChI is InChI=1S/C40H46Cl2N4O3/c1-10-45-29-15-13-25(41)22-27(29)38(3,4)31(45)17-12-24-18-20-40(7,34(24)33-35(47)43(8)37(49)44(9)36(33)48)21-19-32-39(5,6)28-23-26(42)14-16-30(28)46(32)11-2/h12-17,19,22-23H,10-11,18,20-21H2,1-9H3/b24-12+,31-17+,32-19+. The molecule has 258 valence electrons. The van der Waals surface area contributed by atoms with Gasteiger partial charge in [-0.15, -0.1) is 0 Å². The molecule has 1 saturated carbocycles. The number of hydrogen-bond donors (Lipinski definition) is 0. The van der Waals surface area contributed by atoms with E-state index in [1.807, 2.05) is 18.2 Å². The summed E-state index contributed by atoms with van der Waals surface area (Å²) in [6, 6.07) is 11.5. The molecule has 0 radical (unpaired) electrons. The first kappa shape index (κ1) is 35.0. The summed E-state index contributed by atoms with van der Waals surface area (Å²) in [4.78, 5) is 47.4. The predicted molar refractivity (Wildman–Crippen MR) is 199 cm³/mol. The van der Waals surface area contributed by atoms with Crippen LogP contribution in [0.1, 0.15) is 78.9 Å². The molecular formula is C40H46Cl2N4O3. The van der Waals surface area contributed by atoms with Crippen molar-refractivity contribution in [2.45, 2.75) is 78.6 Å². The van der Waals surface area contributed by atoms with Crippen LogP contribution in [-0.2, 0) is 20.4 Å². The Morgan fingerprint density at radius 3 is 1.73 bits per heavy atom. The molecule has 2 fully saturated rings. The summed E-state index contributed by atoms with van der Waals surface area (Å²) >= 11 is 12.9. The molecule has 7 nitrogen and oxygen atoms in total. The average molecular weight is 702 g/mol. The van der Waals surface area contributed by atoms with Crippen molar-refractivity contribution in [2.24, 2.45) is 5.41 Å². The summed E-state index contributed by atoms with van der Waals surface area (Å²) in [6.45, 7) is 16.8. The van der Waals surface area contributed by atoms with Gasteiger partial charge in [-0.05, 0) is 103 Å². The van der Waals surface area contributed by atoms with Crippen LogP contribution < -0.4 is 9.80 Å². The summed E-state index contributed by atoms with van der Waals surface area (Å²) < 4.78 is 0. The van der Waals surface area contributed by atoms with Crippen molar-refractivity contribution in [3.05, 3.63) is 104 Å². The average Bonchev–Trinajstić information content (AvgIpc) is 3.57. The van der Waals surface area contributed by atoms with Gasteiger partial charge in [0.25, 0.3) is 11.8 Å². The van der Waals surface area contributed by atoms with Crippen molar-refractivity contribution in [2.75, 3.05) is 37.0 Å². The zero-order chi connectivity index (χ0) is 35.8. The molecule has 3 aliphatic heterocycles. The molecular weight excluding hydrogens is 655 g/mol. The highest BCUT2D eigenvalue weighted by molar-refractivity contribution is 6.31. The van der Waals surface area contributed by atoms with Crippen LogP contribution in [0, 0.1) is 5.41 Å². The zero-order valence-corrected chi connectivity index (χ0v) is 31.5. The van der Waals surface area contributed by atoms with Crippen LogP contribution in [0.2, 0.25) is 10.0 Å². The van der Waals surface area contributed by atoms with Gasteiger partial charge in [0, 0.05) is 70.8 Å². The highest BCUT2D eigenvalue weighted by atomic mass is 35.5. The highest BCUT2D eigenvalue weighted by Crippen LogP contribution is 2.54. The van der Waals surface area contributed by atoms with Crippen LogP contribution in [0.5, 0.6) is 0 Å². The number of barbiturate groups is 1. The lowest BCUT2D eigenvalue weighted by Crippen LogP contribution is -2.53. The largest absolute Gasteiger partial charge is 0.345 e. The molecule has 4 aliphatic rings. The molecule has 49 heavy (non-hydrogen) atoms. The number of rotatable bonds is 5. The Kier molecular flexibility index (Phi) is 8.72. The fraction of sp³-hybridized carbons (Fsp3) is 0.425. The molecule has 2 aromatic carbocycles. The van der Waals surface area contributed by atoms with E-state index in [1.165, 1.54) is 25.4 Å². The van der Waals surface area contributed by atoms with E-state index < -0.39 is 23.3 Å². The van der Waals surface area contributed by atoms with Gasteiger partial charge in [-0.1, -0.05) is 70.0 Å². The van der Waals surface area contributed by atoms with Gasteiger partial charge in [0.05, 0.1) is 0 Å². The van der Waals surface area contributed by atoms with Crippen LogP contribution in [0.3, 0.4) is 0 Å². The molecule has 1 unspecified atom stereocenters. The smallest absolute Gasteiger partial charge is 0.333 e. The number of fused-ring (bicyclic) bond motifs is 2. The van der Waals surface area contributed by atoms with Gasteiger partial charge in [0.2, 0.25) is 0 Å². The molecule has 1 aliphatic carbocycles. The Labute approximate surface area is 300 Å². The number of carbonyl (C=O) groups is 3. The molecule has 1 saturated heterocycles. The van der Waals surface area contributed by atoms with Crippen molar-refractivity contribution in [3.8, 4) is 0 Å². The van der Waals surface area contributed by atoms with Gasteiger partial charge in [-0.3, -0.25) is 19.4 Å². The topological polar surface area (TPSA) is 64.2 Å². The minimum atomic E-state index is -0.626. The number of allylic oxidation sites excluding steroid dienone is 7. The number of likely N-dealkylation sites (N-methyl/N-ethyl adjacent to an activating group) is 4. The Hall–Kier alpha value is -3.81. The summed E-state index contributed by atoms with van der Waals surface area (Å²) in [5, 5.41) is 1.41. The number of carbonyl (C=O) groups excluding carboxylic acids is 3. The van der Waals surface area contributed by atoms with E-state index in [1.54, 1.807) is 0 Å². The number of amides is 4. The van der Waals surface area contributed by atoms with Gasteiger partial charge < -0.3 is 9.80 Å². The summed E-state index contributed by atoms with van der Waals surface area (Å²) in [5.74, 6) is -1.11. The second-order valence-corrected chi connectivity index (χ2v) is 15.8. The first-order valence-electron chi connectivity index (χ1n) is 17.1. The minimum absolute atomic E-state index is 0.0776. The lowest BCUT2D eigenvalue weighted by Gasteiger charge is -2.34. The summed E-state index contributed by atoms with van der Waals surface area (Å²) in [5.41, 5.74) is 7.49. The SMILES string of the molecule is CCN1/C(=C/C=C2\CCC(C)(C/C=C3/N(CC)c4ccc(Cl)cc4C3(C)C)C2=C2C(=O)N(C)C(=O)N(C)C2=O)C(C)(C)c2cc(Cl)ccc21. The van der Waals surface area contributed by atoms with Crippen LogP contribution in [-0.4, -0.2) is 54.8 Å². The number of nitrogens with zero attached hydrogens (tertiary/aromatic N) is 4. The first-order valence-corrected chi connectivity index (χ1v) is 17.9. The third kappa shape index (κ3) is 5.36. The number of urea groups is 1. The van der Waals surface area contributed by atoms with E-state index in [0.29, 0.717) is 22.9 Å². The number of halogens is 2. The van der Waals surface area contributed by atoms with E-state index >= 15 is 0 Å². The van der Waals surface area contributed by atoms with Crippen LogP contribution in [0.4, 0.5) is 16.2 Å². The first-order chi connectivity index (χ1) is 23.0. The molecule has 4 amide bonds. The molecule has 0 bridgehead atoms. The molecule has 3 heterocycles. The van der Waals surface area contributed by atoms with Crippen molar-refractivity contribution in [1.82, 2.24) is 9.80 Å². The maximum Gasteiger partial charge on any atom is 0.333 e. The van der Waals surface area contributed by atoms with Crippen molar-refractivity contribution < 1.29 is 14.4 Å². The molecule has 0 N–H and O–H groups in total. The number of imide groups is 2. The zero-order valence-electron chi connectivity index (χ0n) is 30.0. The predicted octanol–water partition coefficient (Wildman–Crippen LogP) is 9.16. The van der Waals surface area contributed by atoms with E-state index in [0.717, 1.165) is 63.1 Å². The second kappa shape index (κ2) is 12.2. The number of benzene rings is 2. The monoisotopic (exact) mass is 700 g/mol. The minimum Gasteiger partial charge on any atom is -0.345 e. The molecule has 6 rings (SSSR count). The molecule has 1 atom stereocenters. The van der Waals surface area contributed by atoms with Gasteiger partial charge in [-0.25, -0.2) is 4.79 Å². The Bertz CT molecular complexity index is 1890. The maximum atomic E-state index is 13.9. The van der Waals surface area contributed by atoms with Gasteiger partial charge in [0.1, 0.15) is 5.57 Å². The van der Waals surface area contributed by atoms with Crippen LogP contribution >= 0.6 is 23.2 Å². The van der Waals surface area contributed by atoms with Crippen LogP contribution in [0.25, 0.3) is 0 Å². The Morgan fingerprint density at radius 2 is 1.22 bits per heavy atom. The van der Waals surface area contributed by atoms with E-state index in [2.05, 4.69) is 94.7 Å². The normalized spacial score (nSPS) is 25.5. The molecule has 0 spiro atoms. The van der Waals surface area contributed by atoms with E-state index in [4.69, 9.17) is 23.2 Å². The fourth-order valence-electron chi connectivity index (χ4n) is 8.47. The van der Waals surface area contributed by atoms with Crippen molar-refractivity contribution in [1.29, 1.82) is 0 Å². The second-order valence-electron chi connectivity index (χ2n) is 14.9. The third-order valence-electron chi connectivity index (χ3n) is 11.3. The third-order valence-corrected chi connectivity index (χ3v) is 11.7. The Balaban J connectivity index is 1.49. The van der Waals surface area contributed by atoms with Crippen molar-refractivity contribution in [3.63, 3.8) is 0 Å². The number of hydrogen-bond acceptors (Lipinski definition) is 5. The lowest BCUT2D eigenvalue weighted by atomic mass is 9.75. The fourth-order valence-corrected chi connectivity index (χ4v) is 8.81. The van der Waals surface area contributed by atoms with Gasteiger partial charge in [0.15, 0.2) is 0 Å². The summed E-state index contributed by atoms with van der Waals surface area (Å²) in [7, 11) is 2.89. The molecule has 9 heteroatoms.